The standard InChI is InChI=1S/C23H25O2P/c1-23(2,3)25-18-24-19-14-16-22(17-15-19)26(20-10-6-4-7-11-20)21-12-8-5-9-13-21/h4-17H,18H2,1-3H3. The molecule has 0 aromatic heterocycles. The van der Waals surface area contributed by atoms with Crippen LogP contribution in [0.4, 0.5) is 0 Å². The van der Waals surface area contributed by atoms with Crippen LogP contribution in [-0.2, 0) is 4.74 Å². The summed E-state index contributed by atoms with van der Waals surface area (Å²) in [6.07, 6.45) is 0. The summed E-state index contributed by atoms with van der Waals surface area (Å²) in [4.78, 5) is 0. The molecule has 0 fully saturated rings. The smallest absolute Gasteiger partial charge is 0.189 e. The number of hydrogen-bond donors (Lipinski definition) is 0. The van der Waals surface area contributed by atoms with Gasteiger partial charge in [0.25, 0.3) is 0 Å². The predicted molar refractivity (Wildman–Crippen MR) is 111 cm³/mol. The zero-order valence-electron chi connectivity index (χ0n) is 15.6. The Morgan fingerprint density at radius 1 is 0.654 bits per heavy atom. The molecule has 0 aliphatic carbocycles. The van der Waals surface area contributed by atoms with Gasteiger partial charge in [-0.05, 0) is 56.7 Å². The minimum Gasteiger partial charge on any atom is -0.468 e. The van der Waals surface area contributed by atoms with Gasteiger partial charge in [0, 0.05) is 0 Å². The van der Waals surface area contributed by atoms with Gasteiger partial charge in [0.15, 0.2) is 6.79 Å². The average Bonchev–Trinajstić information content (AvgIpc) is 2.64. The van der Waals surface area contributed by atoms with E-state index in [4.69, 9.17) is 9.47 Å². The molecule has 0 bridgehead atoms. The molecule has 3 aromatic carbocycles. The van der Waals surface area contributed by atoms with Crippen LogP contribution in [0.1, 0.15) is 20.8 Å². The van der Waals surface area contributed by atoms with Crippen molar-refractivity contribution < 1.29 is 9.47 Å². The first kappa shape index (κ1) is 18.6. The van der Waals surface area contributed by atoms with Crippen LogP contribution in [0, 0.1) is 0 Å². The highest BCUT2D eigenvalue weighted by molar-refractivity contribution is 7.79. The van der Waals surface area contributed by atoms with Crippen molar-refractivity contribution in [2.75, 3.05) is 6.79 Å². The molecule has 3 heteroatoms. The normalized spacial score (nSPS) is 11.5. The Morgan fingerprint density at radius 2 is 1.12 bits per heavy atom. The van der Waals surface area contributed by atoms with Gasteiger partial charge in [-0.15, -0.1) is 0 Å². The molecule has 0 unspecified atom stereocenters. The van der Waals surface area contributed by atoms with Crippen LogP contribution >= 0.6 is 7.92 Å². The summed E-state index contributed by atoms with van der Waals surface area (Å²) in [6, 6.07) is 29.8. The van der Waals surface area contributed by atoms with E-state index in [2.05, 4.69) is 72.8 Å². The van der Waals surface area contributed by atoms with Gasteiger partial charge in [0.05, 0.1) is 5.60 Å². The van der Waals surface area contributed by atoms with Crippen molar-refractivity contribution in [1.82, 2.24) is 0 Å². The summed E-state index contributed by atoms with van der Waals surface area (Å²) >= 11 is 0. The number of ether oxygens (including phenoxy) is 2. The monoisotopic (exact) mass is 364 g/mol. The van der Waals surface area contributed by atoms with E-state index in [1.165, 1.54) is 15.9 Å². The molecule has 0 atom stereocenters. The molecule has 3 aromatic rings. The van der Waals surface area contributed by atoms with Gasteiger partial charge < -0.3 is 9.47 Å². The molecule has 0 heterocycles. The fourth-order valence-electron chi connectivity index (χ4n) is 2.57. The van der Waals surface area contributed by atoms with E-state index in [0.29, 0.717) is 0 Å². The van der Waals surface area contributed by atoms with Gasteiger partial charge >= 0.3 is 0 Å². The van der Waals surface area contributed by atoms with Crippen molar-refractivity contribution in [2.24, 2.45) is 0 Å². The highest BCUT2D eigenvalue weighted by Crippen LogP contribution is 2.33. The Balaban J connectivity index is 1.82. The van der Waals surface area contributed by atoms with Crippen LogP contribution in [0.15, 0.2) is 84.9 Å². The van der Waals surface area contributed by atoms with Crippen LogP contribution in [0.2, 0.25) is 0 Å². The van der Waals surface area contributed by atoms with Crippen molar-refractivity contribution >= 4 is 23.8 Å². The lowest BCUT2D eigenvalue weighted by Crippen LogP contribution is -2.22. The van der Waals surface area contributed by atoms with Gasteiger partial charge in [0.1, 0.15) is 5.75 Å². The Labute approximate surface area is 157 Å². The largest absolute Gasteiger partial charge is 0.468 e. The van der Waals surface area contributed by atoms with E-state index in [1.807, 2.05) is 32.9 Å². The van der Waals surface area contributed by atoms with E-state index in [9.17, 15) is 0 Å². The van der Waals surface area contributed by atoms with E-state index < -0.39 is 7.92 Å². The third kappa shape index (κ3) is 5.17. The molecule has 0 saturated heterocycles. The molecule has 134 valence electrons. The fourth-order valence-corrected chi connectivity index (χ4v) is 4.85. The van der Waals surface area contributed by atoms with Gasteiger partial charge in [-0.3, -0.25) is 0 Å². The molecule has 0 saturated carbocycles. The maximum Gasteiger partial charge on any atom is 0.189 e. The third-order valence-electron chi connectivity index (χ3n) is 3.84. The zero-order chi connectivity index (χ0) is 18.4. The lowest BCUT2D eigenvalue weighted by molar-refractivity contribution is -0.0758. The average molecular weight is 364 g/mol. The molecule has 2 nitrogen and oxygen atoms in total. The highest BCUT2D eigenvalue weighted by atomic mass is 31.1. The van der Waals surface area contributed by atoms with E-state index >= 15 is 0 Å². The predicted octanol–water partition coefficient (Wildman–Crippen LogP) is 4.60. The molecule has 0 amide bonds. The number of rotatable bonds is 6. The summed E-state index contributed by atoms with van der Waals surface area (Å²) in [7, 11) is -0.577. The van der Waals surface area contributed by atoms with Crippen molar-refractivity contribution in [1.29, 1.82) is 0 Å². The molecule has 3 rings (SSSR count). The molecule has 0 N–H and O–H groups in total. The van der Waals surface area contributed by atoms with Crippen LogP contribution in [0.25, 0.3) is 0 Å². The topological polar surface area (TPSA) is 18.5 Å². The van der Waals surface area contributed by atoms with Gasteiger partial charge in [-0.2, -0.15) is 0 Å². The van der Waals surface area contributed by atoms with Crippen LogP contribution < -0.4 is 20.7 Å². The fraction of sp³-hybridized carbons (Fsp3) is 0.217. The summed E-state index contributed by atoms with van der Waals surface area (Å²) in [5.74, 6) is 0.828. The molecule has 0 radical (unpaired) electrons. The number of benzene rings is 3. The molecular formula is C23H25O2P. The lowest BCUT2D eigenvalue weighted by Gasteiger charge is -2.21. The SMILES string of the molecule is CC(C)(C)OCOc1ccc(P(c2ccccc2)c2ccccc2)cc1. The molecule has 26 heavy (non-hydrogen) atoms. The molecule has 0 aliphatic heterocycles. The molecule has 0 spiro atoms. The summed E-state index contributed by atoms with van der Waals surface area (Å²) in [6.45, 7) is 6.32. The first-order valence-electron chi connectivity index (χ1n) is 8.80. The van der Waals surface area contributed by atoms with E-state index in [-0.39, 0.29) is 12.4 Å². The molecule has 0 aliphatic rings. The minimum absolute atomic E-state index is 0.200. The van der Waals surface area contributed by atoms with Crippen LogP contribution in [-0.4, -0.2) is 12.4 Å². The summed E-state index contributed by atoms with van der Waals surface area (Å²) in [5, 5.41) is 4.00. The third-order valence-corrected chi connectivity index (χ3v) is 6.28. The summed E-state index contributed by atoms with van der Waals surface area (Å²) < 4.78 is 11.3. The van der Waals surface area contributed by atoms with Crippen LogP contribution in [0.3, 0.4) is 0 Å². The quantitative estimate of drug-likeness (QED) is 0.470. The Kier molecular flexibility index (Phi) is 6.08. The number of hydrogen-bond acceptors (Lipinski definition) is 2. The Morgan fingerprint density at radius 3 is 1.58 bits per heavy atom. The maximum atomic E-state index is 5.71. The highest BCUT2D eigenvalue weighted by Gasteiger charge is 2.16. The van der Waals surface area contributed by atoms with Gasteiger partial charge in [-0.25, -0.2) is 0 Å². The second kappa shape index (κ2) is 8.49. The van der Waals surface area contributed by atoms with E-state index in [0.717, 1.165) is 5.75 Å². The zero-order valence-corrected chi connectivity index (χ0v) is 16.4. The van der Waals surface area contributed by atoms with Crippen LogP contribution in [0.5, 0.6) is 5.75 Å². The first-order valence-corrected chi connectivity index (χ1v) is 10.1. The maximum absolute atomic E-state index is 5.71. The Bertz CT molecular complexity index is 754. The van der Waals surface area contributed by atoms with E-state index in [1.54, 1.807) is 0 Å². The molecular weight excluding hydrogens is 339 g/mol. The lowest BCUT2D eigenvalue weighted by atomic mass is 10.2. The summed E-state index contributed by atoms with van der Waals surface area (Å²) in [5.41, 5.74) is -0.200. The van der Waals surface area contributed by atoms with Crippen molar-refractivity contribution in [3.05, 3.63) is 84.9 Å². The van der Waals surface area contributed by atoms with Gasteiger partial charge in [-0.1, -0.05) is 72.8 Å². The van der Waals surface area contributed by atoms with Crippen molar-refractivity contribution in [2.45, 2.75) is 26.4 Å². The Hall–Kier alpha value is -2.15. The minimum atomic E-state index is -0.577. The van der Waals surface area contributed by atoms with Crippen molar-refractivity contribution in [3.8, 4) is 5.75 Å². The second-order valence-electron chi connectivity index (χ2n) is 7.02. The van der Waals surface area contributed by atoms with Crippen molar-refractivity contribution in [3.63, 3.8) is 0 Å². The van der Waals surface area contributed by atoms with Gasteiger partial charge in [0.2, 0.25) is 0 Å². The first-order chi connectivity index (χ1) is 12.5. The second-order valence-corrected chi connectivity index (χ2v) is 9.24.